The molecule has 7 heteroatoms. The number of hydrogen-bond acceptors (Lipinski definition) is 7. The molecule has 1 N–H and O–H groups in total. The highest BCUT2D eigenvalue weighted by atomic mass is 32.1. The maximum absolute atomic E-state index is 5.72. The molecular weight excluding hydrogens is 322 g/mol. The van der Waals surface area contributed by atoms with Gasteiger partial charge < -0.3 is 9.73 Å². The number of aromatic nitrogens is 4. The number of nitrogens with one attached hydrogen (secondary N) is 1. The van der Waals surface area contributed by atoms with Crippen molar-refractivity contribution in [2.75, 3.05) is 5.32 Å². The van der Waals surface area contributed by atoms with Crippen LogP contribution in [-0.2, 0) is 13.0 Å². The van der Waals surface area contributed by atoms with Crippen LogP contribution in [0.4, 0.5) is 5.82 Å². The summed E-state index contributed by atoms with van der Waals surface area (Å²) in [5.74, 6) is 4.09. The van der Waals surface area contributed by atoms with Crippen LogP contribution in [0, 0.1) is 12.8 Å². The van der Waals surface area contributed by atoms with Gasteiger partial charge in [0.25, 0.3) is 0 Å². The smallest absolute Gasteiger partial charge is 0.235 e. The van der Waals surface area contributed by atoms with E-state index in [1.165, 1.54) is 5.56 Å². The fourth-order valence-corrected chi connectivity index (χ4v) is 3.82. The third kappa shape index (κ3) is 3.13. The first-order valence-electron chi connectivity index (χ1n) is 8.41. The molecule has 0 aromatic carbocycles. The molecule has 0 aliphatic heterocycles. The lowest BCUT2D eigenvalue weighted by molar-refractivity contribution is 0.457. The van der Waals surface area contributed by atoms with Gasteiger partial charge in [-0.3, -0.25) is 0 Å². The fourth-order valence-electron chi connectivity index (χ4n) is 2.82. The number of aryl methyl sites for hydroxylation is 1. The fraction of sp³-hybridized carbons (Fsp3) is 0.529. The highest BCUT2D eigenvalue weighted by molar-refractivity contribution is 7.17. The van der Waals surface area contributed by atoms with Gasteiger partial charge in [-0.1, -0.05) is 13.8 Å². The first-order chi connectivity index (χ1) is 11.6. The number of fused-ring (bicyclic) bond motifs is 1. The number of rotatable bonds is 6. The van der Waals surface area contributed by atoms with Crippen molar-refractivity contribution in [1.29, 1.82) is 0 Å². The molecule has 126 valence electrons. The molecule has 1 aliphatic carbocycles. The molecule has 0 amide bonds. The van der Waals surface area contributed by atoms with Crippen molar-refractivity contribution in [2.45, 2.75) is 52.5 Å². The molecule has 0 atom stereocenters. The van der Waals surface area contributed by atoms with Crippen LogP contribution < -0.4 is 5.32 Å². The maximum Gasteiger partial charge on any atom is 0.235 e. The molecule has 3 aromatic rings. The van der Waals surface area contributed by atoms with Crippen LogP contribution >= 0.6 is 11.3 Å². The maximum atomic E-state index is 5.72. The van der Waals surface area contributed by atoms with E-state index in [1.54, 1.807) is 11.3 Å². The predicted molar refractivity (Wildman–Crippen MR) is 94.3 cm³/mol. The largest absolute Gasteiger partial charge is 0.423 e. The summed E-state index contributed by atoms with van der Waals surface area (Å²) in [4.78, 5) is 10.2. The molecule has 0 spiro atoms. The van der Waals surface area contributed by atoms with Gasteiger partial charge >= 0.3 is 0 Å². The average Bonchev–Trinajstić information content (AvgIpc) is 3.15. The minimum Gasteiger partial charge on any atom is -0.423 e. The minimum absolute atomic E-state index is 0.480. The van der Waals surface area contributed by atoms with Crippen LogP contribution in [0.1, 0.15) is 55.8 Å². The molecule has 24 heavy (non-hydrogen) atoms. The van der Waals surface area contributed by atoms with Gasteiger partial charge in [-0.05, 0) is 43.0 Å². The Balaban J connectivity index is 1.60. The average molecular weight is 343 g/mol. The van der Waals surface area contributed by atoms with Crippen LogP contribution in [0.2, 0.25) is 0 Å². The molecule has 3 aromatic heterocycles. The monoisotopic (exact) mass is 343 g/mol. The number of hydrogen-bond donors (Lipinski definition) is 1. The molecular formula is C17H21N5OS. The first-order valence-corrected chi connectivity index (χ1v) is 9.29. The van der Waals surface area contributed by atoms with E-state index in [9.17, 15) is 0 Å². The third-order valence-electron chi connectivity index (χ3n) is 4.07. The van der Waals surface area contributed by atoms with Gasteiger partial charge in [-0.25, -0.2) is 9.97 Å². The first kappa shape index (κ1) is 15.5. The van der Waals surface area contributed by atoms with E-state index in [4.69, 9.17) is 4.42 Å². The topological polar surface area (TPSA) is 76.7 Å². The molecule has 3 heterocycles. The second-order valence-corrected chi connectivity index (χ2v) is 7.68. The van der Waals surface area contributed by atoms with E-state index < -0.39 is 0 Å². The van der Waals surface area contributed by atoms with Crippen LogP contribution in [0.25, 0.3) is 10.2 Å². The molecule has 1 aliphatic rings. The minimum atomic E-state index is 0.480. The standard InChI is InChI=1S/C17H21N5OS/c1-9(2)6-12-8-24-17-14(12)15(19-10(3)20-17)18-7-13-21-22-16(23-13)11-4-5-11/h8-9,11H,4-7H2,1-3H3,(H,18,19,20). The van der Waals surface area contributed by atoms with Gasteiger partial charge in [0, 0.05) is 5.92 Å². The Morgan fingerprint density at radius 1 is 1.29 bits per heavy atom. The van der Waals surface area contributed by atoms with Crippen molar-refractivity contribution < 1.29 is 4.42 Å². The van der Waals surface area contributed by atoms with Gasteiger partial charge in [0.15, 0.2) is 0 Å². The molecule has 1 fully saturated rings. The van der Waals surface area contributed by atoms with E-state index in [2.05, 4.69) is 44.7 Å². The Hall–Kier alpha value is -2.02. The van der Waals surface area contributed by atoms with Gasteiger partial charge in [0.1, 0.15) is 16.5 Å². The number of anilines is 1. The van der Waals surface area contributed by atoms with E-state index in [0.29, 0.717) is 24.3 Å². The predicted octanol–water partition coefficient (Wildman–Crippen LogP) is 4.07. The second-order valence-electron chi connectivity index (χ2n) is 6.82. The van der Waals surface area contributed by atoms with Crippen molar-refractivity contribution in [1.82, 2.24) is 20.2 Å². The summed E-state index contributed by atoms with van der Waals surface area (Å²) in [6.45, 7) is 6.86. The zero-order chi connectivity index (χ0) is 16.7. The molecule has 0 bridgehead atoms. The lowest BCUT2D eigenvalue weighted by atomic mass is 10.0. The molecule has 1 saturated carbocycles. The second kappa shape index (κ2) is 6.12. The Bertz CT molecular complexity index is 865. The molecule has 4 rings (SSSR count). The van der Waals surface area contributed by atoms with Crippen LogP contribution in [0.5, 0.6) is 0 Å². The highest BCUT2D eigenvalue weighted by Gasteiger charge is 2.29. The van der Waals surface area contributed by atoms with Crippen LogP contribution in [-0.4, -0.2) is 20.2 Å². The molecule has 6 nitrogen and oxygen atoms in total. The van der Waals surface area contributed by atoms with Gasteiger partial charge in [-0.2, -0.15) is 0 Å². The lowest BCUT2D eigenvalue weighted by Gasteiger charge is -2.09. The summed E-state index contributed by atoms with van der Waals surface area (Å²) in [6.07, 6.45) is 3.34. The summed E-state index contributed by atoms with van der Waals surface area (Å²) >= 11 is 1.68. The summed E-state index contributed by atoms with van der Waals surface area (Å²) < 4.78 is 5.72. The van der Waals surface area contributed by atoms with Crippen molar-refractivity contribution in [3.63, 3.8) is 0 Å². The van der Waals surface area contributed by atoms with E-state index in [1.807, 2.05) is 6.92 Å². The van der Waals surface area contributed by atoms with E-state index in [0.717, 1.165) is 47.0 Å². The van der Waals surface area contributed by atoms with Crippen LogP contribution in [0.3, 0.4) is 0 Å². The molecule has 0 saturated heterocycles. The normalized spacial score (nSPS) is 14.7. The van der Waals surface area contributed by atoms with Crippen molar-refractivity contribution in [3.05, 3.63) is 28.5 Å². The van der Waals surface area contributed by atoms with Gasteiger partial charge in [-0.15, -0.1) is 21.5 Å². The molecule has 0 radical (unpaired) electrons. The SMILES string of the molecule is Cc1nc(NCc2nnc(C3CC3)o2)c2c(CC(C)C)csc2n1. The molecule has 0 unspecified atom stereocenters. The van der Waals surface area contributed by atoms with Gasteiger partial charge in [0.2, 0.25) is 11.8 Å². The van der Waals surface area contributed by atoms with Gasteiger partial charge in [0.05, 0.1) is 11.9 Å². The van der Waals surface area contributed by atoms with E-state index in [-0.39, 0.29) is 0 Å². The third-order valence-corrected chi connectivity index (χ3v) is 4.99. The van der Waals surface area contributed by atoms with Crippen molar-refractivity contribution >= 4 is 27.4 Å². The number of thiophene rings is 1. The quantitative estimate of drug-likeness (QED) is 0.727. The summed E-state index contributed by atoms with van der Waals surface area (Å²) in [5.41, 5.74) is 1.30. The van der Waals surface area contributed by atoms with Crippen molar-refractivity contribution in [2.24, 2.45) is 5.92 Å². The Morgan fingerprint density at radius 3 is 2.88 bits per heavy atom. The zero-order valence-corrected chi connectivity index (χ0v) is 15.0. The van der Waals surface area contributed by atoms with Crippen LogP contribution in [0.15, 0.2) is 9.80 Å². The summed E-state index contributed by atoms with van der Waals surface area (Å²) in [7, 11) is 0. The lowest BCUT2D eigenvalue weighted by Crippen LogP contribution is -2.05. The Labute approximate surface area is 144 Å². The van der Waals surface area contributed by atoms with Crippen molar-refractivity contribution in [3.8, 4) is 0 Å². The Kier molecular flexibility index (Phi) is 3.96. The Morgan fingerprint density at radius 2 is 2.12 bits per heavy atom. The highest BCUT2D eigenvalue weighted by Crippen LogP contribution is 2.39. The summed E-state index contributed by atoms with van der Waals surface area (Å²) in [6, 6.07) is 0. The number of nitrogens with zero attached hydrogens (tertiary/aromatic N) is 4. The zero-order valence-electron chi connectivity index (χ0n) is 14.2. The summed E-state index contributed by atoms with van der Waals surface area (Å²) in [5, 5.41) is 15.0. The van der Waals surface area contributed by atoms with E-state index >= 15 is 0 Å².